The third kappa shape index (κ3) is 3.09. The van der Waals surface area contributed by atoms with Gasteiger partial charge < -0.3 is 9.15 Å². The Morgan fingerprint density at radius 1 is 1.60 bits per heavy atom. The van der Waals surface area contributed by atoms with Crippen molar-refractivity contribution in [2.24, 2.45) is 0 Å². The van der Waals surface area contributed by atoms with E-state index in [2.05, 4.69) is 6.58 Å². The normalized spacial score (nSPS) is 9.67. The third-order valence-electron chi connectivity index (χ3n) is 1.75. The van der Waals surface area contributed by atoms with Crippen LogP contribution in [0.5, 0.6) is 0 Å². The fourth-order valence-electron chi connectivity index (χ4n) is 1.07. The Balaban J connectivity index is 2.58. The van der Waals surface area contributed by atoms with Crippen molar-refractivity contribution in [3.05, 3.63) is 35.8 Å². The molecule has 0 saturated heterocycles. The van der Waals surface area contributed by atoms with Crippen LogP contribution in [-0.4, -0.2) is 18.9 Å². The maximum Gasteiger partial charge on any atom is 0.333 e. The molecule has 0 N–H and O–H groups in total. The zero-order valence-electron chi connectivity index (χ0n) is 8.49. The minimum Gasteiger partial charge on any atom is -0.463 e. The highest BCUT2D eigenvalue weighted by molar-refractivity contribution is 5.88. The molecule has 0 radical (unpaired) electrons. The van der Waals surface area contributed by atoms with Crippen LogP contribution in [0.2, 0.25) is 0 Å². The highest BCUT2D eigenvalue weighted by atomic mass is 16.5. The summed E-state index contributed by atoms with van der Waals surface area (Å²) < 4.78 is 9.85. The molecule has 0 amide bonds. The zero-order chi connectivity index (χ0) is 11.3. The lowest BCUT2D eigenvalue weighted by molar-refractivity contribution is -0.138. The molecule has 0 fully saturated rings. The lowest BCUT2D eigenvalue weighted by atomic mass is 10.2. The second-order valence-electron chi connectivity index (χ2n) is 2.92. The molecule has 1 aromatic rings. The average molecular weight is 208 g/mol. The number of furan rings is 1. The van der Waals surface area contributed by atoms with E-state index in [-0.39, 0.29) is 12.2 Å². The Hall–Kier alpha value is -1.84. The first-order valence-corrected chi connectivity index (χ1v) is 4.56. The molecule has 0 aliphatic rings. The first-order valence-electron chi connectivity index (χ1n) is 4.56. The van der Waals surface area contributed by atoms with Gasteiger partial charge in [-0.3, -0.25) is 4.79 Å². The Morgan fingerprint density at radius 3 is 2.87 bits per heavy atom. The van der Waals surface area contributed by atoms with Crippen molar-refractivity contribution in [1.29, 1.82) is 0 Å². The van der Waals surface area contributed by atoms with Crippen molar-refractivity contribution in [3.63, 3.8) is 0 Å². The Kier molecular flexibility index (Phi) is 3.85. The van der Waals surface area contributed by atoms with Gasteiger partial charge in [-0.15, -0.1) is 0 Å². The van der Waals surface area contributed by atoms with Gasteiger partial charge in [0.05, 0.1) is 6.61 Å². The quantitative estimate of drug-likeness (QED) is 0.420. The van der Waals surface area contributed by atoms with Crippen molar-refractivity contribution >= 4 is 12.3 Å². The maximum atomic E-state index is 11.2. The standard InChI is InChI=1S/C11H12O4/c1-3-14-11(13)8(2)6-9-4-5-10(7-12)15-9/h4-5,7H,2-3,6H2,1H3. The van der Waals surface area contributed by atoms with Crippen molar-refractivity contribution < 1.29 is 18.7 Å². The average Bonchev–Trinajstić information content (AvgIpc) is 2.66. The summed E-state index contributed by atoms with van der Waals surface area (Å²) >= 11 is 0. The van der Waals surface area contributed by atoms with E-state index in [0.29, 0.717) is 24.2 Å². The van der Waals surface area contributed by atoms with Crippen LogP contribution < -0.4 is 0 Å². The molecule has 0 aliphatic carbocycles. The number of rotatable bonds is 5. The fourth-order valence-corrected chi connectivity index (χ4v) is 1.07. The summed E-state index contributed by atoms with van der Waals surface area (Å²) in [5.74, 6) is 0.318. The highest BCUT2D eigenvalue weighted by Gasteiger charge is 2.10. The second kappa shape index (κ2) is 5.14. The number of hydrogen-bond acceptors (Lipinski definition) is 4. The van der Waals surface area contributed by atoms with Crippen molar-refractivity contribution in [1.82, 2.24) is 0 Å². The van der Waals surface area contributed by atoms with Crippen LogP contribution in [0, 0.1) is 0 Å². The fraction of sp³-hybridized carbons (Fsp3) is 0.273. The van der Waals surface area contributed by atoms with Crippen LogP contribution in [0.3, 0.4) is 0 Å². The molecule has 80 valence electrons. The van der Waals surface area contributed by atoms with E-state index in [9.17, 15) is 9.59 Å². The van der Waals surface area contributed by atoms with Crippen LogP contribution in [-0.2, 0) is 16.0 Å². The van der Waals surface area contributed by atoms with Crippen molar-refractivity contribution in [3.8, 4) is 0 Å². The maximum absolute atomic E-state index is 11.2. The minimum absolute atomic E-state index is 0.238. The second-order valence-corrected chi connectivity index (χ2v) is 2.92. The highest BCUT2D eigenvalue weighted by Crippen LogP contribution is 2.11. The van der Waals surface area contributed by atoms with Gasteiger partial charge in [-0.05, 0) is 19.1 Å². The first kappa shape index (κ1) is 11.2. The molecular formula is C11H12O4. The van der Waals surface area contributed by atoms with Crippen LogP contribution in [0.4, 0.5) is 0 Å². The largest absolute Gasteiger partial charge is 0.463 e. The number of carbonyl (C=O) groups excluding carboxylic acids is 2. The molecule has 0 saturated carbocycles. The van der Waals surface area contributed by atoms with E-state index in [1.54, 1.807) is 19.1 Å². The topological polar surface area (TPSA) is 56.5 Å². The summed E-state index contributed by atoms with van der Waals surface area (Å²) in [5, 5.41) is 0. The van der Waals surface area contributed by atoms with Gasteiger partial charge in [-0.2, -0.15) is 0 Å². The van der Waals surface area contributed by atoms with E-state index in [0.717, 1.165) is 0 Å². The molecular weight excluding hydrogens is 196 g/mol. The number of esters is 1. The van der Waals surface area contributed by atoms with E-state index >= 15 is 0 Å². The lowest BCUT2D eigenvalue weighted by Crippen LogP contribution is -2.08. The van der Waals surface area contributed by atoms with E-state index in [1.165, 1.54) is 0 Å². The lowest BCUT2D eigenvalue weighted by Gasteiger charge is -2.02. The molecule has 1 heterocycles. The van der Waals surface area contributed by atoms with Crippen molar-refractivity contribution in [2.75, 3.05) is 6.61 Å². The predicted molar refractivity (Wildman–Crippen MR) is 53.6 cm³/mol. The van der Waals surface area contributed by atoms with Gasteiger partial charge in [0.15, 0.2) is 12.0 Å². The minimum atomic E-state index is -0.443. The molecule has 0 unspecified atom stereocenters. The van der Waals surface area contributed by atoms with Gasteiger partial charge in [-0.1, -0.05) is 6.58 Å². The van der Waals surface area contributed by atoms with Crippen LogP contribution in [0.25, 0.3) is 0 Å². The van der Waals surface area contributed by atoms with Crippen LogP contribution in [0.15, 0.2) is 28.7 Å². The van der Waals surface area contributed by atoms with Crippen LogP contribution in [0.1, 0.15) is 23.2 Å². The molecule has 0 aliphatic heterocycles. The summed E-state index contributed by atoms with van der Waals surface area (Å²) in [6.07, 6.45) is 0.864. The van der Waals surface area contributed by atoms with Gasteiger partial charge in [0, 0.05) is 12.0 Å². The SMILES string of the molecule is C=C(Cc1ccc(C=O)o1)C(=O)OCC. The van der Waals surface area contributed by atoms with E-state index in [4.69, 9.17) is 9.15 Å². The number of ether oxygens (including phenoxy) is 1. The van der Waals surface area contributed by atoms with Crippen molar-refractivity contribution in [2.45, 2.75) is 13.3 Å². The molecule has 15 heavy (non-hydrogen) atoms. The molecule has 4 heteroatoms. The molecule has 0 spiro atoms. The molecule has 4 nitrogen and oxygen atoms in total. The van der Waals surface area contributed by atoms with Gasteiger partial charge in [0.1, 0.15) is 5.76 Å². The summed E-state index contributed by atoms with van der Waals surface area (Å²) in [6, 6.07) is 3.18. The van der Waals surface area contributed by atoms with E-state index < -0.39 is 5.97 Å². The van der Waals surface area contributed by atoms with Gasteiger partial charge >= 0.3 is 5.97 Å². The summed E-state index contributed by atoms with van der Waals surface area (Å²) in [7, 11) is 0. The van der Waals surface area contributed by atoms with Gasteiger partial charge in [-0.25, -0.2) is 4.79 Å². The summed E-state index contributed by atoms with van der Waals surface area (Å²) in [5.41, 5.74) is 0.309. The molecule has 1 rings (SSSR count). The summed E-state index contributed by atoms with van der Waals surface area (Å²) in [6.45, 7) is 5.62. The first-order chi connectivity index (χ1) is 7.17. The molecule has 0 atom stereocenters. The third-order valence-corrected chi connectivity index (χ3v) is 1.75. The number of hydrogen-bond donors (Lipinski definition) is 0. The Bertz CT molecular complexity index is 376. The van der Waals surface area contributed by atoms with Crippen LogP contribution >= 0.6 is 0 Å². The molecule has 0 bridgehead atoms. The smallest absolute Gasteiger partial charge is 0.333 e. The monoisotopic (exact) mass is 208 g/mol. The number of carbonyl (C=O) groups is 2. The van der Waals surface area contributed by atoms with Gasteiger partial charge in [0.2, 0.25) is 0 Å². The zero-order valence-corrected chi connectivity index (χ0v) is 8.49. The Labute approximate surface area is 87.5 Å². The van der Waals surface area contributed by atoms with E-state index in [1.807, 2.05) is 0 Å². The predicted octanol–water partition coefficient (Wildman–Crippen LogP) is 1.75. The molecule has 0 aromatic carbocycles. The summed E-state index contributed by atoms with van der Waals surface area (Å²) in [4.78, 5) is 21.5. The Morgan fingerprint density at radius 2 is 2.33 bits per heavy atom. The van der Waals surface area contributed by atoms with Gasteiger partial charge in [0.25, 0.3) is 0 Å². The number of aldehydes is 1. The molecule has 1 aromatic heterocycles.